The molecule has 3 aromatic heterocycles. The van der Waals surface area contributed by atoms with Crippen LogP contribution in [0.3, 0.4) is 0 Å². The van der Waals surface area contributed by atoms with Gasteiger partial charge in [-0.3, -0.25) is 0 Å². The van der Waals surface area contributed by atoms with Gasteiger partial charge in [-0.2, -0.15) is 0 Å². The van der Waals surface area contributed by atoms with Gasteiger partial charge in [0.05, 0.1) is 27.8 Å². The zero-order chi connectivity index (χ0) is 34.6. The molecule has 0 bridgehead atoms. The minimum atomic E-state index is 1.15. The van der Waals surface area contributed by atoms with Crippen LogP contribution in [0, 0.1) is 0 Å². The summed E-state index contributed by atoms with van der Waals surface area (Å²) in [6.07, 6.45) is 0. The van der Waals surface area contributed by atoms with E-state index in [1.807, 2.05) is 11.3 Å². The average Bonchev–Trinajstić information content (AvgIpc) is 3.87. The van der Waals surface area contributed by atoms with Crippen LogP contribution in [-0.4, -0.2) is 9.13 Å². The van der Waals surface area contributed by atoms with Crippen molar-refractivity contribution in [2.45, 2.75) is 0 Å². The Morgan fingerprint density at radius 2 is 0.925 bits per heavy atom. The Balaban J connectivity index is 1.12. The summed E-state index contributed by atoms with van der Waals surface area (Å²) < 4.78 is 7.62. The zero-order valence-corrected chi connectivity index (χ0v) is 29.4. The Morgan fingerprint density at radius 1 is 0.340 bits per heavy atom. The molecular formula is C50H30N2S. The van der Waals surface area contributed by atoms with Crippen molar-refractivity contribution in [3.8, 4) is 22.5 Å². The van der Waals surface area contributed by atoms with Gasteiger partial charge in [0.25, 0.3) is 0 Å². The summed E-state index contributed by atoms with van der Waals surface area (Å²) in [5, 5.41) is 12.8. The van der Waals surface area contributed by atoms with Gasteiger partial charge in [-0.05, 0) is 75.8 Å². The summed E-state index contributed by atoms with van der Waals surface area (Å²) >= 11 is 1.88. The molecule has 0 amide bonds. The Bertz CT molecular complexity index is 3450. The number of fused-ring (bicyclic) bond motifs is 12. The minimum Gasteiger partial charge on any atom is -0.309 e. The first-order chi connectivity index (χ1) is 26.3. The maximum atomic E-state index is 2.50. The standard InChI is InChI=1S/C50H30N2S/c1-2-13-34-32(12-1)28-46(37-15-4-3-14-36(34)37)52-45-22-9-6-17-39(45)43-29-42-38-16-5-8-21-44(38)51(47(42)30-48(43)52)33-26-24-31(25-27-33)35-19-11-20-41-40-18-7-10-23-49(40)53-50(35)41/h1-30H. The molecule has 246 valence electrons. The predicted molar refractivity (Wildman–Crippen MR) is 228 cm³/mol. The Hall–Kier alpha value is -6.68. The average molecular weight is 691 g/mol. The van der Waals surface area contributed by atoms with Crippen LogP contribution < -0.4 is 0 Å². The fourth-order valence-electron chi connectivity index (χ4n) is 8.95. The van der Waals surface area contributed by atoms with Crippen molar-refractivity contribution in [1.29, 1.82) is 0 Å². The molecule has 9 aromatic carbocycles. The van der Waals surface area contributed by atoms with Crippen molar-refractivity contribution in [2.75, 3.05) is 0 Å². The molecule has 0 saturated heterocycles. The molecule has 0 N–H and O–H groups in total. The largest absolute Gasteiger partial charge is 0.309 e. The lowest BCUT2D eigenvalue weighted by Crippen LogP contribution is -1.97. The Labute approximate surface area is 309 Å². The first kappa shape index (κ1) is 29.0. The second-order valence-electron chi connectivity index (χ2n) is 14.1. The van der Waals surface area contributed by atoms with E-state index in [-0.39, 0.29) is 0 Å². The zero-order valence-electron chi connectivity index (χ0n) is 28.6. The van der Waals surface area contributed by atoms with Gasteiger partial charge in [0.15, 0.2) is 0 Å². The Morgan fingerprint density at radius 3 is 1.70 bits per heavy atom. The first-order valence-corrected chi connectivity index (χ1v) is 19.0. The van der Waals surface area contributed by atoms with E-state index in [9.17, 15) is 0 Å². The minimum absolute atomic E-state index is 1.15. The van der Waals surface area contributed by atoms with E-state index in [4.69, 9.17) is 0 Å². The number of nitrogens with zero attached hydrogens (tertiary/aromatic N) is 2. The lowest BCUT2D eigenvalue weighted by atomic mass is 10.00. The molecule has 53 heavy (non-hydrogen) atoms. The molecule has 3 heterocycles. The summed E-state index contributed by atoms with van der Waals surface area (Å²) in [5.41, 5.74) is 9.70. The van der Waals surface area contributed by atoms with Gasteiger partial charge in [0.2, 0.25) is 0 Å². The van der Waals surface area contributed by atoms with Crippen LogP contribution in [0.15, 0.2) is 182 Å². The van der Waals surface area contributed by atoms with Crippen molar-refractivity contribution in [3.05, 3.63) is 182 Å². The highest BCUT2D eigenvalue weighted by Gasteiger charge is 2.20. The molecule has 0 aliphatic heterocycles. The van der Waals surface area contributed by atoms with Crippen LogP contribution in [0.1, 0.15) is 0 Å². The van der Waals surface area contributed by atoms with Gasteiger partial charge < -0.3 is 9.13 Å². The van der Waals surface area contributed by atoms with Crippen LogP contribution in [0.2, 0.25) is 0 Å². The lowest BCUT2D eigenvalue weighted by Gasteiger charge is -2.15. The van der Waals surface area contributed by atoms with E-state index in [0.717, 1.165) is 5.69 Å². The molecule has 12 aromatic rings. The maximum Gasteiger partial charge on any atom is 0.0562 e. The van der Waals surface area contributed by atoms with Crippen LogP contribution in [0.4, 0.5) is 0 Å². The fraction of sp³-hybridized carbons (Fsp3) is 0. The maximum absolute atomic E-state index is 2.50. The molecule has 3 heteroatoms. The van der Waals surface area contributed by atoms with Gasteiger partial charge in [0.1, 0.15) is 0 Å². The second-order valence-corrected chi connectivity index (χ2v) is 15.1. The number of rotatable bonds is 3. The third-order valence-electron chi connectivity index (χ3n) is 11.3. The first-order valence-electron chi connectivity index (χ1n) is 18.2. The van der Waals surface area contributed by atoms with Crippen molar-refractivity contribution < 1.29 is 0 Å². The summed E-state index contributed by atoms with van der Waals surface area (Å²) in [6.45, 7) is 0. The van der Waals surface area contributed by atoms with Gasteiger partial charge in [-0.25, -0.2) is 0 Å². The van der Waals surface area contributed by atoms with Crippen molar-refractivity contribution >= 4 is 96.7 Å². The molecule has 12 rings (SSSR count). The summed E-state index contributed by atoms with van der Waals surface area (Å²) in [6, 6.07) is 67.2. The third kappa shape index (κ3) is 4.08. The highest BCUT2D eigenvalue weighted by Crippen LogP contribution is 2.43. The SMILES string of the molecule is c1ccc2c(c1)cc(-n1c3ccccc3c3cc4c5ccccc5n(-c5ccc(-c6cccc7c6sc6ccccc67)cc5)c4cc31)c1ccccc12. The molecule has 0 radical (unpaired) electrons. The van der Waals surface area contributed by atoms with E-state index in [2.05, 4.69) is 191 Å². The van der Waals surface area contributed by atoms with Crippen molar-refractivity contribution in [3.63, 3.8) is 0 Å². The number of hydrogen-bond donors (Lipinski definition) is 0. The third-order valence-corrected chi connectivity index (χ3v) is 12.5. The fourth-order valence-corrected chi connectivity index (χ4v) is 10.2. The highest BCUT2D eigenvalue weighted by atomic mass is 32.1. The molecule has 0 unspecified atom stereocenters. The van der Waals surface area contributed by atoms with Gasteiger partial charge in [-0.15, -0.1) is 11.3 Å². The van der Waals surface area contributed by atoms with Crippen LogP contribution >= 0.6 is 11.3 Å². The van der Waals surface area contributed by atoms with E-state index < -0.39 is 0 Å². The van der Waals surface area contributed by atoms with Crippen LogP contribution in [0.25, 0.3) is 108 Å². The summed E-state index contributed by atoms with van der Waals surface area (Å²) in [7, 11) is 0. The number of benzene rings is 9. The van der Waals surface area contributed by atoms with Crippen molar-refractivity contribution in [1.82, 2.24) is 9.13 Å². The molecule has 0 fully saturated rings. The molecule has 0 saturated carbocycles. The lowest BCUT2D eigenvalue weighted by molar-refractivity contribution is 1.17. The highest BCUT2D eigenvalue weighted by molar-refractivity contribution is 7.26. The van der Waals surface area contributed by atoms with Gasteiger partial charge >= 0.3 is 0 Å². The molecular weight excluding hydrogens is 661 g/mol. The smallest absolute Gasteiger partial charge is 0.0562 e. The van der Waals surface area contributed by atoms with E-state index >= 15 is 0 Å². The van der Waals surface area contributed by atoms with E-state index in [1.165, 1.54) is 102 Å². The number of thiophene rings is 1. The molecule has 0 atom stereocenters. The quantitative estimate of drug-likeness (QED) is 0.163. The number of aromatic nitrogens is 2. The van der Waals surface area contributed by atoms with Gasteiger partial charge in [-0.1, -0.05) is 133 Å². The predicted octanol–water partition coefficient (Wildman–Crippen LogP) is 14.2. The van der Waals surface area contributed by atoms with E-state index in [1.54, 1.807) is 0 Å². The number of para-hydroxylation sites is 2. The molecule has 2 nitrogen and oxygen atoms in total. The molecule has 0 aliphatic rings. The van der Waals surface area contributed by atoms with Crippen LogP contribution in [-0.2, 0) is 0 Å². The number of hydrogen-bond acceptors (Lipinski definition) is 1. The van der Waals surface area contributed by atoms with E-state index in [0.29, 0.717) is 0 Å². The Kier molecular flexibility index (Phi) is 5.96. The summed E-state index contributed by atoms with van der Waals surface area (Å²) in [5.74, 6) is 0. The summed E-state index contributed by atoms with van der Waals surface area (Å²) in [4.78, 5) is 0. The molecule has 0 aliphatic carbocycles. The van der Waals surface area contributed by atoms with Crippen molar-refractivity contribution in [2.24, 2.45) is 0 Å². The van der Waals surface area contributed by atoms with Gasteiger partial charge in [0, 0.05) is 52.8 Å². The second kappa shape index (κ2) is 10.9. The monoisotopic (exact) mass is 690 g/mol. The molecule has 0 spiro atoms. The normalized spacial score (nSPS) is 12.2. The topological polar surface area (TPSA) is 9.86 Å². The van der Waals surface area contributed by atoms with Crippen LogP contribution in [0.5, 0.6) is 0 Å².